The third-order valence-corrected chi connectivity index (χ3v) is 10.3. The Morgan fingerprint density at radius 1 is 1.25 bits per heavy atom. The van der Waals surface area contributed by atoms with Crippen molar-refractivity contribution in [3.63, 3.8) is 0 Å². The highest BCUT2D eigenvalue weighted by Gasteiger charge is 2.54. The maximum atomic E-state index is 13.2. The summed E-state index contributed by atoms with van der Waals surface area (Å²) in [6, 6.07) is 1.89. The van der Waals surface area contributed by atoms with Crippen molar-refractivity contribution in [2.75, 3.05) is 11.5 Å². The zero-order valence-electron chi connectivity index (χ0n) is 22.4. The number of anilines is 1. The second-order valence-corrected chi connectivity index (χ2v) is 13.4. The number of carbonyl (C=O) groups excluding carboxylic acids is 2. The Hall–Kier alpha value is -4.46. The van der Waals surface area contributed by atoms with Gasteiger partial charge < -0.3 is 27.5 Å². The van der Waals surface area contributed by atoms with Crippen LogP contribution >= 0.6 is 46.0 Å². The summed E-state index contributed by atoms with van der Waals surface area (Å²) in [4.78, 5) is 52.1. The van der Waals surface area contributed by atoms with Crippen molar-refractivity contribution in [3.05, 3.63) is 56.3 Å². The van der Waals surface area contributed by atoms with Crippen LogP contribution in [0.1, 0.15) is 17.1 Å². The number of oxime groups is 1. The molecule has 0 aromatic carbocycles. The minimum atomic E-state index is -1.24. The van der Waals surface area contributed by atoms with Crippen molar-refractivity contribution in [1.82, 2.24) is 24.1 Å². The van der Waals surface area contributed by atoms with E-state index in [0.717, 1.165) is 22.0 Å². The number of hydrogen-bond donors (Lipinski definition) is 5. The number of rotatable bonds is 10. The molecule has 20 heteroatoms. The quantitative estimate of drug-likeness (QED) is 0.0394. The molecule has 8 N–H and O–H groups in total. The van der Waals surface area contributed by atoms with Gasteiger partial charge in [-0.25, -0.2) is 24.0 Å². The van der Waals surface area contributed by atoms with E-state index in [2.05, 4.69) is 20.1 Å². The van der Waals surface area contributed by atoms with Crippen LogP contribution in [-0.2, 0) is 27.5 Å². The topological polar surface area (TPSA) is 237 Å². The molecule has 1 amide bonds. The minimum absolute atomic E-state index is 0.0679. The Bertz CT molecular complexity index is 1920. The Kier molecular flexibility index (Phi) is 7.78. The van der Waals surface area contributed by atoms with Gasteiger partial charge in [-0.05, 0) is 5.57 Å². The van der Waals surface area contributed by atoms with Crippen LogP contribution in [0.3, 0.4) is 0 Å². The van der Waals surface area contributed by atoms with Crippen molar-refractivity contribution < 1.29 is 29.3 Å². The monoisotopic (exact) mass is 676 g/mol. The molecular formula is C24H23ClN11O5S3+. The number of nitrogens with two attached hydrogens (primary N) is 3. The highest BCUT2D eigenvalue weighted by atomic mass is 35.5. The lowest BCUT2D eigenvalue weighted by molar-refractivity contribution is -0.661. The number of nitrogens with zero attached hydrogens (tertiary/aromatic N) is 8. The molecule has 0 spiro atoms. The number of carboxylic acid groups (broad SMARTS) is 1. The van der Waals surface area contributed by atoms with Gasteiger partial charge in [-0.15, -0.1) is 27.6 Å². The number of amides is 1. The van der Waals surface area contributed by atoms with E-state index in [-0.39, 0.29) is 39.8 Å². The van der Waals surface area contributed by atoms with E-state index in [9.17, 15) is 24.7 Å². The number of nitrogen functional groups attached to an aromatic ring is 1. The van der Waals surface area contributed by atoms with Gasteiger partial charge in [0.25, 0.3) is 0 Å². The fourth-order valence-corrected chi connectivity index (χ4v) is 8.18. The van der Waals surface area contributed by atoms with Gasteiger partial charge in [0, 0.05) is 17.6 Å². The van der Waals surface area contributed by atoms with Crippen LogP contribution in [0.25, 0.3) is 5.65 Å². The van der Waals surface area contributed by atoms with Gasteiger partial charge in [-0.2, -0.15) is 4.99 Å². The predicted octanol–water partition coefficient (Wildman–Crippen LogP) is 0.838. The molecule has 6 rings (SSSR count). The van der Waals surface area contributed by atoms with Gasteiger partial charge in [0.1, 0.15) is 33.5 Å². The maximum absolute atomic E-state index is 13.2. The number of carbonyl (C=O) groups is 3. The summed E-state index contributed by atoms with van der Waals surface area (Å²) in [6.07, 6.45) is 5.24. The standard InChI is InChI=1S/C24H22ClN11O5S3/c25-19-17(31-24(28)44-19)16(32-41)12(37)5-11-20(38)36-18(22(39)40)10(8-43-21(11)36)6-34-2-1-15-33(3-4-35(15)34)7-14-29-13(9-42-14)30-23(26)27/h1-4,9,11,21H,5-8H2,(H7-,26,27,28,30,31,37,39,40,41)/p+1/t11-,21-/m1/s1. The van der Waals surface area contributed by atoms with Gasteiger partial charge >= 0.3 is 11.6 Å². The Balaban J connectivity index is 1.19. The van der Waals surface area contributed by atoms with Crippen LogP contribution in [0, 0.1) is 5.92 Å². The van der Waals surface area contributed by atoms with Crippen molar-refractivity contribution in [2.24, 2.45) is 27.5 Å². The average molecular weight is 677 g/mol. The Labute approximate surface area is 264 Å². The van der Waals surface area contributed by atoms with Crippen LogP contribution in [0.5, 0.6) is 0 Å². The first-order valence-electron chi connectivity index (χ1n) is 12.7. The van der Waals surface area contributed by atoms with Crippen molar-refractivity contribution in [1.29, 1.82) is 0 Å². The number of aliphatic carboxylic acids is 1. The Morgan fingerprint density at radius 2 is 2.05 bits per heavy atom. The predicted molar refractivity (Wildman–Crippen MR) is 163 cm³/mol. The second-order valence-electron chi connectivity index (χ2n) is 9.70. The van der Waals surface area contributed by atoms with Crippen LogP contribution in [0.15, 0.2) is 51.5 Å². The second kappa shape index (κ2) is 11.6. The molecule has 0 aliphatic carbocycles. The number of β-lactam (4-membered cyclic amide) rings is 1. The zero-order chi connectivity index (χ0) is 31.3. The largest absolute Gasteiger partial charge is 0.477 e. The summed E-state index contributed by atoms with van der Waals surface area (Å²) in [6.45, 7) is 0.683. The van der Waals surface area contributed by atoms with Crippen LogP contribution in [0.2, 0.25) is 4.34 Å². The highest BCUT2D eigenvalue weighted by molar-refractivity contribution is 8.00. The lowest BCUT2D eigenvalue weighted by Gasteiger charge is -2.49. The van der Waals surface area contributed by atoms with Crippen LogP contribution < -0.4 is 21.8 Å². The lowest BCUT2D eigenvalue weighted by atomic mass is 9.89. The summed E-state index contributed by atoms with van der Waals surface area (Å²) in [5.74, 6) is -2.53. The summed E-state index contributed by atoms with van der Waals surface area (Å²) in [5, 5.41) is 24.7. The summed E-state index contributed by atoms with van der Waals surface area (Å²) < 4.78 is 5.77. The lowest BCUT2D eigenvalue weighted by Crippen LogP contribution is -2.62. The molecule has 0 radical (unpaired) electrons. The number of aliphatic imine (C=N–C) groups is 1. The fraction of sp³-hybridized carbons (Fsp3) is 0.250. The van der Waals surface area contributed by atoms with Crippen molar-refractivity contribution in [2.45, 2.75) is 24.9 Å². The number of hydrogen-bond acceptors (Lipinski definition) is 12. The number of ketones is 1. The van der Waals surface area contributed by atoms with Crippen LogP contribution in [-0.4, -0.2) is 74.8 Å². The molecule has 228 valence electrons. The van der Waals surface area contributed by atoms with Gasteiger partial charge in [0.15, 0.2) is 34.6 Å². The molecule has 4 aromatic heterocycles. The molecule has 0 bridgehead atoms. The van der Waals surface area contributed by atoms with E-state index in [1.807, 2.05) is 38.4 Å². The molecule has 6 heterocycles. The van der Waals surface area contributed by atoms with E-state index >= 15 is 0 Å². The van der Waals surface area contributed by atoms with Crippen LogP contribution in [0.4, 0.5) is 10.9 Å². The third-order valence-electron chi connectivity index (χ3n) is 6.99. The molecule has 1 fully saturated rings. The molecule has 1 saturated heterocycles. The number of imidazole rings is 1. The highest BCUT2D eigenvalue weighted by Crippen LogP contribution is 2.45. The third kappa shape index (κ3) is 5.27. The summed E-state index contributed by atoms with van der Waals surface area (Å²) in [7, 11) is 0. The van der Waals surface area contributed by atoms with Crippen molar-refractivity contribution in [3.8, 4) is 0 Å². The molecule has 2 aliphatic rings. The van der Waals surface area contributed by atoms with Crippen molar-refractivity contribution >= 4 is 92.0 Å². The van der Waals surface area contributed by atoms with E-state index in [0.29, 0.717) is 23.7 Å². The van der Waals surface area contributed by atoms with E-state index in [1.165, 1.54) is 28.0 Å². The normalized spacial score (nSPS) is 18.4. The first kappa shape index (κ1) is 29.6. The van der Waals surface area contributed by atoms with E-state index in [1.54, 1.807) is 5.38 Å². The molecule has 0 unspecified atom stereocenters. The fourth-order valence-electron chi connectivity index (χ4n) is 5.14. The minimum Gasteiger partial charge on any atom is -0.477 e. The first-order valence-corrected chi connectivity index (χ1v) is 15.8. The molecule has 44 heavy (non-hydrogen) atoms. The molecule has 4 aromatic rings. The molecule has 0 saturated carbocycles. The van der Waals surface area contributed by atoms with Gasteiger partial charge in [0.05, 0.1) is 30.1 Å². The number of carboxylic acids is 1. The van der Waals surface area contributed by atoms with E-state index < -0.39 is 34.7 Å². The zero-order valence-corrected chi connectivity index (χ0v) is 25.6. The summed E-state index contributed by atoms with van der Waals surface area (Å²) in [5.41, 5.74) is 17.3. The SMILES string of the molecule is NC(N)=Nc1csc(C[n+]2ccn3c2ccn3CC2=C(C(=O)O)N3C(=O)[C@@H](CC(=O)/C(=N\O)c4nc(N)sc4Cl)[C@H]3SC2)n1. The van der Waals surface area contributed by atoms with Gasteiger partial charge in [-0.3, -0.25) is 14.5 Å². The number of fused-ring (bicyclic) bond motifs is 2. The maximum Gasteiger partial charge on any atom is 0.352 e. The van der Waals surface area contributed by atoms with Gasteiger partial charge in [-0.1, -0.05) is 28.1 Å². The number of guanidine groups is 1. The molecular weight excluding hydrogens is 654 g/mol. The number of thioether (sulfide) groups is 1. The average Bonchev–Trinajstić information content (AvgIpc) is 3.75. The number of aromatic nitrogens is 5. The molecule has 2 aliphatic heterocycles. The summed E-state index contributed by atoms with van der Waals surface area (Å²) >= 11 is 9.77. The van der Waals surface area contributed by atoms with Gasteiger partial charge in [0.2, 0.25) is 5.91 Å². The molecule has 2 atom stereocenters. The number of halogens is 1. The first-order chi connectivity index (χ1) is 21.0. The van der Waals surface area contributed by atoms with E-state index in [4.69, 9.17) is 28.8 Å². The number of Topliss-reactive ketones (excluding diaryl/α,β-unsaturated/α-hetero) is 1. The smallest absolute Gasteiger partial charge is 0.352 e. The number of thiazole rings is 2. The Morgan fingerprint density at radius 3 is 2.73 bits per heavy atom. The molecule has 16 nitrogen and oxygen atoms in total.